The summed E-state index contributed by atoms with van der Waals surface area (Å²) in [6, 6.07) is 4.76. The Morgan fingerprint density at radius 2 is 2.00 bits per heavy atom. The second-order valence-corrected chi connectivity index (χ2v) is 3.95. The van der Waals surface area contributed by atoms with E-state index in [1.165, 1.54) is 6.07 Å². The van der Waals surface area contributed by atoms with Crippen molar-refractivity contribution >= 4 is 5.69 Å². The first-order valence-corrected chi connectivity index (χ1v) is 5.37. The summed E-state index contributed by atoms with van der Waals surface area (Å²) in [5, 5.41) is 17.8. The number of aliphatic hydroxyl groups excluding tert-OH is 2. The molecule has 0 atom stereocenters. The van der Waals surface area contributed by atoms with E-state index in [9.17, 15) is 4.39 Å². The van der Waals surface area contributed by atoms with Crippen molar-refractivity contribution in [2.45, 2.75) is 26.5 Å². The lowest BCUT2D eigenvalue weighted by atomic mass is 10.1. The summed E-state index contributed by atoms with van der Waals surface area (Å²) < 4.78 is 13.7. The summed E-state index contributed by atoms with van der Waals surface area (Å²) >= 11 is 0. The van der Waals surface area contributed by atoms with E-state index in [0.29, 0.717) is 17.8 Å². The number of hydrogen-bond acceptors (Lipinski definition) is 3. The molecular weight excluding hydrogens is 209 g/mol. The SMILES string of the molecule is CC(C)N(CCO)c1ccc(CO)cc1F. The van der Waals surface area contributed by atoms with Gasteiger partial charge < -0.3 is 15.1 Å². The van der Waals surface area contributed by atoms with Gasteiger partial charge in [0.1, 0.15) is 5.82 Å². The predicted octanol–water partition coefficient (Wildman–Crippen LogP) is 1.53. The lowest BCUT2D eigenvalue weighted by Crippen LogP contribution is -2.34. The van der Waals surface area contributed by atoms with Crippen molar-refractivity contribution in [3.05, 3.63) is 29.6 Å². The average Bonchev–Trinajstić information content (AvgIpc) is 2.26. The van der Waals surface area contributed by atoms with Gasteiger partial charge in [-0.2, -0.15) is 0 Å². The zero-order valence-corrected chi connectivity index (χ0v) is 9.65. The lowest BCUT2D eigenvalue weighted by molar-refractivity contribution is 0.281. The van der Waals surface area contributed by atoms with Crippen LogP contribution in [0, 0.1) is 5.82 Å². The van der Waals surface area contributed by atoms with Crippen LogP contribution in [0.3, 0.4) is 0 Å². The molecule has 0 aliphatic carbocycles. The largest absolute Gasteiger partial charge is 0.395 e. The molecular formula is C12H18FNO2. The van der Waals surface area contributed by atoms with E-state index in [-0.39, 0.29) is 25.1 Å². The summed E-state index contributed by atoms with van der Waals surface area (Å²) in [6.07, 6.45) is 0. The van der Waals surface area contributed by atoms with Crippen LogP contribution in [0.25, 0.3) is 0 Å². The number of halogens is 1. The number of anilines is 1. The lowest BCUT2D eigenvalue weighted by Gasteiger charge is -2.28. The molecule has 0 heterocycles. The van der Waals surface area contributed by atoms with Gasteiger partial charge >= 0.3 is 0 Å². The molecule has 3 nitrogen and oxygen atoms in total. The summed E-state index contributed by atoms with van der Waals surface area (Å²) in [6.45, 7) is 4.09. The molecule has 0 amide bonds. The summed E-state index contributed by atoms with van der Waals surface area (Å²) in [7, 11) is 0. The van der Waals surface area contributed by atoms with Gasteiger partial charge in [-0.05, 0) is 31.5 Å². The summed E-state index contributed by atoms with van der Waals surface area (Å²) in [5.74, 6) is -0.367. The Bertz CT molecular complexity index is 342. The van der Waals surface area contributed by atoms with Gasteiger partial charge in [0.05, 0.1) is 18.9 Å². The highest BCUT2D eigenvalue weighted by Gasteiger charge is 2.14. The van der Waals surface area contributed by atoms with Crippen LogP contribution in [0.15, 0.2) is 18.2 Å². The molecule has 0 fully saturated rings. The van der Waals surface area contributed by atoms with Crippen LogP contribution in [0.5, 0.6) is 0 Å². The minimum absolute atomic E-state index is 0.0145. The Kier molecular flexibility index (Phi) is 4.71. The average molecular weight is 227 g/mol. The van der Waals surface area contributed by atoms with Crippen molar-refractivity contribution in [2.24, 2.45) is 0 Å². The fourth-order valence-corrected chi connectivity index (χ4v) is 1.65. The Hall–Kier alpha value is -1.13. The standard InChI is InChI=1S/C12H18FNO2/c1-9(2)14(5-6-15)12-4-3-10(8-16)7-11(12)13/h3-4,7,9,15-16H,5-6,8H2,1-2H3. The quantitative estimate of drug-likeness (QED) is 0.801. The maximum atomic E-state index is 13.7. The van der Waals surface area contributed by atoms with Crippen LogP contribution in [-0.2, 0) is 6.61 Å². The first kappa shape index (κ1) is 12.9. The van der Waals surface area contributed by atoms with E-state index in [1.54, 1.807) is 17.0 Å². The van der Waals surface area contributed by atoms with Crippen LogP contribution in [0.4, 0.5) is 10.1 Å². The van der Waals surface area contributed by atoms with Gasteiger partial charge in [-0.1, -0.05) is 6.07 Å². The highest BCUT2D eigenvalue weighted by molar-refractivity contribution is 5.49. The smallest absolute Gasteiger partial charge is 0.146 e. The van der Waals surface area contributed by atoms with Gasteiger partial charge in [0.2, 0.25) is 0 Å². The molecule has 1 aromatic rings. The van der Waals surface area contributed by atoms with E-state index in [2.05, 4.69) is 0 Å². The zero-order chi connectivity index (χ0) is 12.1. The predicted molar refractivity (Wildman–Crippen MR) is 61.9 cm³/mol. The van der Waals surface area contributed by atoms with E-state index in [0.717, 1.165) is 0 Å². The van der Waals surface area contributed by atoms with Gasteiger partial charge in [0.15, 0.2) is 0 Å². The maximum absolute atomic E-state index is 13.7. The van der Waals surface area contributed by atoms with Crippen molar-refractivity contribution in [1.82, 2.24) is 0 Å². The molecule has 0 aliphatic rings. The minimum Gasteiger partial charge on any atom is -0.395 e. The Balaban J connectivity index is 3.00. The Morgan fingerprint density at radius 1 is 1.31 bits per heavy atom. The number of hydrogen-bond donors (Lipinski definition) is 2. The second kappa shape index (κ2) is 5.82. The molecule has 0 saturated carbocycles. The van der Waals surface area contributed by atoms with Gasteiger partial charge in [-0.3, -0.25) is 0 Å². The van der Waals surface area contributed by atoms with Crippen LogP contribution < -0.4 is 4.90 Å². The van der Waals surface area contributed by atoms with Crippen LogP contribution in [-0.4, -0.2) is 29.4 Å². The van der Waals surface area contributed by atoms with Crippen molar-refractivity contribution in [3.63, 3.8) is 0 Å². The minimum atomic E-state index is -0.367. The third kappa shape index (κ3) is 2.93. The molecule has 0 aliphatic heterocycles. The molecule has 0 saturated heterocycles. The topological polar surface area (TPSA) is 43.7 Å². The molecule has 0 bridgehead atoms. The van der Waals surface area contributed by atoms with Crippen LogP contribution >= 0.6 is 0 Å². The molecule has 1 aromatic carbocycles. The van der Waals surface area contributed by atoms with Gasteiger partial charge in [0.25, 0.3) is 0 Å². The zero-order valence-electron chi connectivity index (χ0n) is 9.65. The van der Waals surface area contributed by atoms with Crippen molar-refractivity contribution < 1.29 is 14.6 Å². The number of aliphatic hydroxyl groups is 2. The van der Waals surface area contributed by atoms with Crippen LogP contribution in [0.1, 0.15) is 19.4 Å². The second-order valence-electron chi connectivity index (χ2n) is 3.95. The van der Waals surface area contributed by atoms with E-state index in [4.69, 9.17) is 10.2 Å². The third-order valence-corrected chi connectivity index (χ3v) is 2.47. The third-order valence-electron chi connectivity index (χ3n) is 2.47. The van der Waals surface area contributed by atoms with Crippen molar-refractivity contribution in [2.75, 3.05) is 18.1 Å². The van der Waals surface area contributed by atoms with E-state index in [1.807, 2.05) is 13.8 Å². The van der Waals surface area contributed by atoms with E-state index < -0.39 is 0 Å². The maximum Gasteiger partial charge on any atom is 0.146 e. The summed E-state index contributed by atoms with van der Waals surface area (Å²) in [5.41, 5.74) is 1.01. The molecule has 2 N–H and O–H groups in total. The highest BCUT2D eigenvalue weighted by Crippen LogP contribution is 2.22. The normalized spacial score (nSPS) is 10.9. The fourth-order valence-electron chi connectivity index (χ4n) is 1.65. The first-order valence-electron chi connectivity index (χ1n) is 5.37. The monoisotopic (exact) mass is 227 g/mol. The number of nitrogens with zero attached hydrogens (tertiary/aromatic N) is 1. The number of benzene rings is 1. The molecule has 0 aromatic heterocycles. The van der Waals surface area contributed by atoms with Gasteiger partial charge in [-0.15, -0.1) is 0 Å². The van der Waals surface area contributed by atoms with Crippen molar-refractivity contribution in [1.29, 1.82) is 0 Å². The fraction of sp³-hybridized carbons (Fsp3) is 0.500. The number of rotatable bonds is 5. The highest BCUT2D eigenvalue weighted by atomic mass is 19.1. The molecule has 0 unspecified atom stereocenters. The van der Waals surface area contributed by atoms with Gasteiger partial charge in [0, 0.05) is 12.6 Å². The summed E-state index contributed by atoms with van der Waals surface area (Å²) in [4.78, 5) is 1.79. The van der Waals surface area contributed by atoms with Crippen molar-refractivity contribution in [3.8, 4) is 0 Å². The molecule has 0 radical (unpaired) electrons. The molecule has 4 heteroatoms. The van der Waals surface area contributed by atoms with Crippen LogP contribution in [0.2, 0.25) is 0 Å². The Morgan fingerprint density at radius 3 is 2.44 bits per heavy atom. The molecule has 0 spiro atoms. The molecule has 90 valence electrons. The molecule has 1 rings (SSSR count). The van der Waals surface area contributed by atoms with E-state index >= 15 is 0 Å². The first-order chi connectivity index (χ1) is 7.60. The Labute approximate surface area is 95.1 Å². The molecule has 16 heavy (non-hydrogen) atoms. The van der Waals surface area contributed by atoms with Gasteiger partial charge in [-0.25, -0.2) is 4.39 Å².